The molecular weight excluding hydrogens is 242 g/mol. The van der Waals surface area contributed by atoms with Crippen LogP contribution in [0.15, 0.2) is 0 Å². The first-order valence-electron chi connectivity index (χ1n) is 6.81. The first-order chi connectivity index (χ1) is 8.80. The fourth-order valence-corrected chi connectivity index (χ4v) is 2.26. The minimum atomic E-state index is -0.729. The Morgan fingerprint density at radius 2 is 1.79 bits per heavy atom. The molecule has 0 radical (unpaired) electrons. The number of hydrogen-bond acceptors (Lipinski definition) is 4. The second kappa shape index (κ2) is 5.89. The largest absolute Gasteiger partial charge is 0.369 e. The van der Waals surface area contributed by atoms with E-state index in [1.807, 2.05) is 32.6 Å². The van der Waals surface area contributed by atoms with Crippen molar-refractivity contribution in [3.63, 3.8) is 0 Å². The molecule has 0 aliphatic carbocycles. The smallest absolute Gasteiger partial charge is 0.254 e. The van der Waals surface area contributed by atoms with E-state index >= 15 is 0 Å². The summed E-state index contributed by atoms with van der Waals surface area (Å²) in [6.45, 7) is 10.4. The predicted molar refractivity (Wildman–Crippen MR) is 73.6 cm³/mol. The van der Waals surface area contributed by atoms with Crippen molar-refractivity contribution in [3.8, 4) is 6.07 Å². The monoisotopic (exact) mass is 267 g/mol. The SMILES string of the molecule is CCC(C)(OC)C(=O)N1CCN(C(C)(C)C#N)CC1. The summed E-state index contributed by atoms with van der Waals surface area (Å²) in [4.78, 5) is 16.4. The van der Waals surface area contributed by atoms with Crippen LogP contribution in [0.2, 0.25) is 0 Å². The lowest BCUT2D eigenvalue weighted by atomic mass is 9.99. The van der Waals surface area contributed by atoms with Gasteiger partial charge in [0.15, 0.2) is 0 Å². The van der Waals surface area contributed by atoms with Crippen LogP contribution >= 0.6 is 0 Å². The Balaban J connectivity index is 2.65. The number of hydrogen-bond donors (Lipinski definition) is 0. The van der Waals surface area contributed by atoms with E-state index in [0.717, 1.165) is 13.1 Å². The Labute approximate surface area is 116 Å². The van der Waals surface area contributed by atoms with Gasteiger partial charge in [0.05, 0.1) is 6.07 Å². The molecule has 1 atom stereocenters. The average Bonchev–Trinajstić information content (AvgIpc) is 2.45. The summed E-state index contributed by atoms with van der Waals surface area (Å²) in [6, 6.07) is 2.31. The third-order valence-corrected chi connectivity index (χ3v) is 4.21. The third-order valence-electron chi connectivity index (χ3n) is 4.21. The van der Waals surface area contributed by atoms with Gasteiger partial charge in [-0.25, -0.2) is 0 Å². The number of rotatable bonds is 4. The van der Waals surface area contributed by atoms with Gasteiger partial charge in [-0.05, 0) is 27.2 Å². The molecule has 0 aromatic heterocycles. The van der Waals surface area contributed by atoms with Crippen molar-refractivity contribution in [1.82, 2.24) is 9.80 Å². The zero-order valence-electron chi connectivity index (χ0n) is 12.7. The molecular formula is C14H25N3O2. The van der Waals surface area contributed by atoms with Crippen LogP contribution in [-0.2, 0) is 9.53 Å². The highest BCUT2D eigenvalue weighted by Crippen LogP contribution is 2.21. The zero-order valence-corrected chi connectivity index (χ0v) is 12.7. The second-order valence-electron chi connectivity index (χ2n) is 5.74. The molecule has 108 valence electrons. The van der Waals surface area contributed by atoms with E-state index in [0.29, 0.717) is 19.5 Å². The number of piperazine rings is 1. The topological polar surface area (TPSA) is 56.6 Å². The molecule has 0 bridgehead atoms. The summed E-state index contributed by atoms with van der Waals surface area (Å²) in [5.74, 6) is 0.0481. The maximum atomic E-state index is 12.4. The minimum absolute atomic E-state index is 0.0481. The molecule has 0 aromatic carbocycles. The molecule has 5 heteroatoms. The van der Waals surface area contributed by atoms with Gasteiger partial charge in [-0.15, -0.1) is 0 Å². The predicted octanol–water partition coefficient (Wildman–Crippen LogP) is 1.25. The van der Waals surface area contributed by atoms with Gasteiger partial charge in [0.1, 0.15) is 11.1 Å². The zero-order chi connectivity index (χ0) is 14.7. The van der Waals surface area contributed by atoms with Crippen molar-refractivity contribution in [2.45, 2.75) is 45.3 Å². The molecule has 19 heavy (non-hydrogen) atoms. The molecule has 0 spiro atoms. The van der Waals surface area contributed by atoms with Crippen LogP contribution in [0.5, 0.6) is 0 Å². The quantitative estimate of drug-likeness (QED) is 0.769. The van der Waals surface area contributed by atoms with Gasteiger partial charge in [0.25, 0.3) is 5.91 Å². The lowest BCUT2D eigenvalue weighted by Gasteiger charge is -2.42. The molecule has 0 N–H and O–H groups in total. The highest BCUT2D eigenvalue weighted by molar-refractivity contribution is 5.84. The maximum Gasteiger partial charge on any atom is 0.254 e. The number of ether oxygens (including phenoxy) is 1. The van der Waals surface area contributed by atoms with E-state index in [4.69, 9.17) is 10.00 Å². The van der Waals surface area contributed by atoms with Crippen LogP contribution in [0.25, 0.3) is 0 Å². The average molecular weight is 267 g/mol. The number of carbonyl (C=O) groups excluding carboxylic acids is 1. The molecule has 1 amide bonds. The first-order valence-corrected chi connectivity index (χ1v) is 6.81. The van der Waals surface area contributed by atoms with E-state index in [1.54, 1.807) is 7.11 Å². The molecule has 1 saturated heterocycles. The first kappa shape index (κ1) is 15.9. The van der Waals surface area contributed by atoms with Gasteiger partial charge in [0.2, 0.25) is 0 Å². The van der Waals surface area contributed by atoms with Crippen molar-refractivity contribution < 1.29 is 9.53 Å². The number of nitrogens with zero attached hydrogens (tertiary/aromatic N) is 3. The van der Waals surface area contributed by atoms with Gasteiger partial charge < -0.3 is 9.64 Å². The number of amides is 1. The molecule has 1 fully saturated rings. The van der Waals surface area contributed by atoms with Gasteiger partial charge in [0, 0.05) is 33.3 Å². The Morgan fingerprint density at radius 3 is 2.16 bits per heavy atom. The van der Waals surface area contributed by atoms with Crippen molar-refractivity contribution in [3.05, 3.63) is 0 Å². The Hall–Kier alpha value is -1.12. The molecule has 5 nitrogen and oxygen atoms in total. The van der Waals surface area contributed by atoms with E-state index in [-0.39, 0.29) is 5.91 Å². The summed E-state index contributed by atoms with van der Waals surface area (Å²) in [5, 5.41) is 9.13. The van der Waals surface area contributed by atoms with Crippen LogP contribution in [-0.4, -0.2) is 60.1 Å². The summed E-state index contributed by atoms with van der Waals surface area (Å²) >= 11 is 0. The highest BCUT2D eigenvalue weighted by atomic mass is 16.5. The number of nitriles is 1. The number of methoxy groups -OCH3 is 1. The lowest BCUT2D eigenvalue weighted by molar-refractivity contribution is -0.155. The van der Waals surface area contributed by atoms with Crippen molar-refractivity contribution in [2.24, 2.45) is 0 Å². The van der Waals surface area contributed by atoms with Crippen LogP contribution in [0.4, 0.5) is 0 Å². The second-order valence-corrected chi connectivity index (χ2v) is 5.74. The van der Waals surface area contributed by atoms with Gasteiger partial charge in [-0.3, -0.25) is 9.69 Å². The fraction of sp³-hybridized carbons (Fsp3) is 0.857. The van der Waals surface area contributed by atoms with E-state index in [9.17, 15) is 4.79 Å². The standard InChI is InChI=1S/C14H25N3O2/c1-6-14(4,19-5)12(18)16-7-9-17(10-8-16)13(2,3)11-15/h6-10H2,1-5H3. The molecule has 1 aliphatic rings. The molecule has 1 aliphatic heterocycles. The molecule has 1 rings (SSSR count). The highest BCUT2D eigenvalue weighted by Gasteiger charge is 2.38. The summed E-state index contributed by atoms with van der Waals surface area (Å²) < 4.78 is 5.36. The van der Waals surface area contributed by atoms with Gasteiger partial charge in [-0.1, -0.05) is 6.92 Å². The third kappa shape index (κ3) is 3.26. The van der Waals surface area contributed by atoms with Gasteiger partial charge in [-0.2, -0.15) is 5.26 Å². The summed E-state index contributed by atoms with van der Waals surface area (Å²) in [5.41, 5.74) is -1.20. The molecule has 0 aromatic rings. The van der Waals surface area contributed by atoms with Crippen LogP contribution in [0.3, 0.4) is 0 Å². The summed E-state index contributed by atoms with van der Waals surface area (Å²) in [6.07, 6.45) is 0.659. The Morgan fingerprint density at radius 1 is 1.26 bits per heavy atom. The van der Waals surface area contributed by atoms with Crippen molar-refractivity contribution in [2.75, 3.05) is 33.3 Å². The van der Waals surface area contributed by atoms with E-state index in [2.05, 4.69) is 11.0 Å². The number of carbonyl (C=O) groups is 1. The molecule has 1 heterocycles. The molecule has 1 unspecified atom stereocenters. The fourth-order valence-electron chi connectivity index (χ4n) is 2.26. The molecule has 0 saturated carbocycles. The van der Waals surface area contributed by atoms with Crippen molar-refractivity contribution in [1.29, 1.82) is 5.26 Å². The summed E-state index contributed by atoms with van der Waals surface area (Å²) in [7, 11) is 1.58. The van der Waals surface area contributed by atoms with Crippen LogP contribution in [0.1, 0.15) is 34.1 Å². The lowest BCUT2D eigenvalue weighted by Crippen LogP contribution is -2.58. The van der Waals surface area contributed by atoms with Crippen LogP contribution < -0.4 is 0 Å². The van der Waals surface area contributed by atoms with E-state index < -0.39 is 11.1 Å². The Bertz CT molecular complexity index is 361. The van der Waals surface area contributed by atoms with Crippen LogP contribution in [0, 0.1) is 11.3 Å². The maximum absolute atomic E-state index is 12.4. The normalized spacial score (nSPS) is 20.7. The van der Waals surface area contributed by atoms with E-state index in [1.165, 1.54) is 0 Å². The minimum Gasteiger partial charge on any atom is -0.369 e. The van der Waals surface area contributed by atoms with Gasteiger partial charge >= 0.3 is 0 Å². The van der Waals surface area contributed by atoms with Crippen molar-refractivity contribution >= 4 is 5.91 Å². The Kier molecular flexibility index (Phi) is 4.94.